The van der Waals surface area contributed by atoms with E-state index in [0.717, 1.165) is 44.4 Å². The van der Waals surface area contributed by atoms with Crippen molar-refractivity contribution in [2.75, 3.05) is 13.2 Å². The van der Waals surface area contributed by atoms with Crippen LogP contribution in [0, 0.1) is 5.92 Å². The quantitative estimate of drug-likeness (QED) is 0.0293. The van der Waals surface area contributed by atoms with Gasteiger partial charge in [-0.2, -0.15) is 0 Å². The van der Waals surface area contributed by atoms with Gasteiger partial charge in [0.2, 0.25) is 5.91 Å². The molecule has 1 fully saturated rings. The standard InChI is InChI=1S/C45H89NO10/c1-4-5-6-7-8-9-10-11-12-13-14-15-16-17-18-23-26-29-32-38(49)44(54)46-36(34-55-45-43(53)42(52)41(51)39(33-47)56-45)40(50)37(48)31-28-25-22-20-19-21-24-27-30-35(2)3/h35-43,45,47-53H,4-34H2,1-3H3,(H,46,54)/t36?,37-,38-,39?,40+,41-,42-,43+,45?/m1/s1. The van der Waals surface area contributed by atoms with Crippen LogP contribution in [0.25, 0.3) is 0 Å². The molecule has 11 nitrogen and oxygen atoms in total. The molecule has 1 saturated heterocycles. The zero-order valence-electron chi connectivity index (χ0n) is 36.0. The molecule has 9 atom stereocenters. The van der Waals surface area contributed by atoms with Crippen LogP contribution in [-0.4, -0.2) is 110 Å². The summed E-state index contributed by atoms with van der Waals surface area (Å²) in [6, 6.07) is -1.16. The van der Waals surface area contributed by atoms with E-state index in [0.29, 0.717) is 19.3 Å². The summed E-state index contributed by atoms with van der Waals surface area (Å²) in [4.78, 5) is 13.1. The average molecular weight is 804 g/mol. The van der Waals surface area contributed by atoms with Crippen LogP contribution in [-0.2, 0) is 14.3 Å². The minimum absolute atomic E-state index is 0.265. The number of amides is 1. The Kier molecular flexibility index (Phi) is 33.1. The Bertz CT molecular complexity index is 895. The summed E-state index contributed by atoms with van der Waals surface area (Å²) in [6.07, 6.45) is 21.7. The van der Waals surface area contributed by atoms with Gasteiger partial charge in [-0.15, -0.1) is 0 Å². The molecule has 0 aromatic rings. The minimum Gasteiger partial charge on any atom is -0.394 e. The average Bonchev–Trinajstić information content (AvgIpc) is 3.18. The van der Waals surface area contributed by atoms with Crippen molar-refractivity contribution in [1.82, 2.24) is 5.32 Å². The van der Waals surface area contributed by atoms with Gasteiger partial charge in [-0.3, -0.25) is 4.79 Å². The first-order valence-corrected chi connectivity index (χ1v) is 23.3. The molecule has 11 heteroatoms. The summed E-state index contributed by atoms with van der Waals surface area (Å²) >= 11 is 0. The first kappa shape index (κ1) is 53.1. The van der Waals surface area contributed by atoms with Crippen LogP contribution in [0.15, 0.2) is 0 Å². The molecule has 1 amide bonds. The van der Waals surface area contributed by atoms with Gasteiger partial charge in [0.1, 0.15) is 36.6 Å². The Morgan fingerprint density at radius 1 is 0.589 bits per heavy atom. The number of ether oxygens (including phenoxy) is 2. The van der Waals surface area contributed by atoms with Gasteiger partial charge in [-0.25, -0.2) is 0 Å². The maximum Gasteiger partial charge on any atom is 0.249 e. The minimum atomic E-state index is -1.66. The Morgan fingerprint density at radius 3 is 1.43 bits per heavy atom. The molecule has 8 N–H and O–H groups in total. The highest BCUT2D eigenvalue weighted by atomic mass is 16.7. The predicted octanol–water partition coefficient (Wildman–Crippen LogP) is 7.36. The lowest BCUT2D eigenvalue weighted by molar-refractivity contribution is -0.303. The molecule has 1 aliphatic rings. The van der Waals surface area contributed by atoms with Gasteiger partial charge in [0, 0.05) is 0 Å². The van der Waals surface area contributed by atoms with Crippen LogP contribution >= 0.6 is 0 Å². The van der Waals surface area contributed by atoms with Crippen LogP contribution in [0.2, 0.25) is 0 Å². The van der Waals surface area contributed by atoms with Gasteiger partial charge in [0.15, 0.2) is 6.29 Å². The number of carbonyl (C=O) groups excluding carboxylic acids is 1. The van der Waals surface area contributed by atoms with E-state index < -0.39 is 74.2 Å². The first-order chi connectivity index (χ1) is 27.0. The zero-order valence-corrected chi connectivity index (χ0v) is 36.0. The van der Waals surface area contributed by atoms with E-state index in [1.165, 1.54) is 122 Å². The van der Waals surface area contributed by atoms with Gasteiger partial charge in [0.25, 0.3) is 0 Å². The van der Waals surface area contributed by atoms with E-state index >= 15 is 0 Å². The van der Waals surface area contributed by atoms with Gasteiger partial charge in [-0.1, -0.05) is 194 Å². The van der Waals surface area contributed by atoms with Crippen LogP contribution in [0.5, 0.6) is 0 Å². The second kappa shape index (κ2) is 34.9. The van der Waals surface area contributed by atoms with Crippen LogP contribution in [0.1, 0.15) is 207 Å². The van der Waals surface area contributed by atoms with Crippen molar-refractivity contribution in [2.24, 2.45) is 5.92 Å². The second-order valence-electron chi connectivity index (χ2n) is 17.3. The van der Waals surface area contributed by atoms with Crippen molar-refractivity contribution in [2.45, 2.75) is 262 Å². The van der Waals surface area contributed by atoms with Crippen LogP contribution in [0.3, 0.4) is 0 Å². The van der Waals surface area contributed by atoms with Gasteiger partial charge >= 0.3 is 0 Å². The molecular weight excluding hydrogens is 714 g/mol. The maximum atomic E-state index is 13.1. The highest BCUT2D eigenvalue weighted by Crippen LogP contribution is 2.23. The third-order valence-corrected chi connectivity index (χ3v) is 11.6. The largest absolute Gasteiger partial charge is 0.394 e. The molecule has 0 radical (unpaired) electrons. The summed E-state index contributed by atoms with van der Waals surface area (Å²) in [5, 5.41) is 75.6. The Labute approximate surface area is 341 Å². The monoisotopic (exact) mass is 804 g/mol. The summed E-state index contributed by atoms with van der Waals surface area (Å²) in [5.41, 5.74) is 0. The molecule has 1 rings (SSSR count). The third-order valence-electron chi connectivity index (χ3n) is 11.6. The molecule has 3 unspecified atom stereocenters. The van der Waals surface area contributed by atoms with Gasteiger partial charge < -0.3 is 50.5 Å². The van der Waals surface area contributed by atoms with Gasteiger partial charge in [0.05, 0.1) is 25.4 Å². The van der Waals surface area contributed by atoms with E-state index in [4.69, 9.17) is 9.47 Å². The van der Waals surface area contributed by atoms with Crippen molar-refractivity contribution < 1.29 is 50.0 Å². The topological polar surface area (TPSA) is 189 Å². The van der Waals surface area contributed by atoms with E-state index in [-0.39, 0.29) is 6.42 Å². The van der Waals surface area contributed by atoms with Crippen LogP contribution in [0.4, 0.5) is 0 Å². The van der Waals surface area contributed by atoms with E-state index in [1.54, 1.807) is 0 Å². The summed E-state index contributed by atoms with van der Waals surface area (Å²) < 4.78 is 11.1. The molecule has 0 spiro atoms. The Hall–Kier alpha value is -0.890. The summed E-state index contributed by atoms with van der Waals surface area (Å²) in [5.74, 6) is 0.0522. The summed E-state index contributed by atoms with van der Waals surface area (Å²) in [7, 11) is 0. The van der Waals surface area contributed by atoms with Crippen LogP contribution < -0.4 is 5.32 Å². The Morgan fingerprint density at radius 2 is 1.00 bits per heavy atom. The highest BCUT2D eigenvalue weighted by molar-refractivity contribution is 5.80. The molecule has 334 valence electrons. The van der Waals surface area contributed by atoms with Crippen molar-refractivity contribution in [1.29, 1.82) is 0 Å². The molecule has 0 saturated carbocycles. The summed E-state index contributed by atoms with van der Waals surface area (Å²) in [6.45, 7) is 5.72. The third kappa shape index (κ3) is 25.6. The number of hydrogen-bond acceptors (Lipinski definition) is 10. The predicted molar refractivity (Wildman–Crippen MR) is 224 cm³/mol. The second-order valence-corrected chi connectivity index (χ2v) is 17.3. The number of unbranched alkanes of at least 4 members (excludes halogenated alkanes) is 24. The maximum absolute atomic E-state index is 13.1. The molecule has 0 aliphatic carbocycles. The molecule has 1 aliphatic heterocycles. The highest BCUT2D eigenvalue weighted by Gasteiger charge is 2.44. The lowest BCUT2D eigenvalue weighted by atomic mass is 9.98. The molecule has 0 bridgehead atoms. The number of hydrogen-bond donors (Lipinski definition) is 8. The van der Waals surface area contributed by atoms with Crippen molar-refractivity contribution in [3.8, 4) is 0 Å². The fourth-order valence-corrected chi connectivity index (χ4v) is 7.68. The van der Waals surface area contributed by atoms with Crippen molar-refractivity contribution >= 4 is 5.91 Å². The fraction of sp³-hybridized carbons (Fsp3) is 0.978. The fourth-order valence-electron chi connectivity index (χ4n) is 7.68. The lowest BCUT2D eigenvalue weighted by Crippen LogP contribution is -2.60. The molecule has 0 aromatic heterocycles. The Balaban J connectivity index is 2.42. The smallest absolute Gasteiger partial charge is 0.249 e. The van der Waals surface area contributed by atoms with Crippen molar-refractivity contribution in [3.63, 3.8) is 0 Å². The number of nitrogens with one attached hydrogen (secondary N) is 1. The molecular formula is C45H89NO10. The lowest BCUT2D eigenvalue weighted by Gasteiger charge is -2.40. The number of rotatable bonds is 38. The zero-order chi connectivity index (χ0) is 41.4. The normalized spacial score (nSPS) is 22.3. The van der Waals surface area contributed by atoms with Gasteiger partial charge in [-0.05, 0) is 18.8 Å². The van der Waals surface area contributed by atoms with E-state index in [9.17, 15) is 40.5 Å². The van der Waals surface area contributed by atoms with E-state index in [2.05, 4.69) is 26.1 Å². The molecule has 1 heterocycles. The molecule has 56 heavy (non-hydrogen) atoms. The van der Waals surface area contributed by atoms with Crippen molar-refractivity contribution in [3.05, 3.63) is 0 Å². The first-order valence-electron chi connectivity index (χ1n) is 23.3. The van der Waals surface area contributed by atoms with E-state index in [1.807, 2.05) is 0 Å². The SMILES string of the molecule is CCCCCCCCCCCCCCCCCCCC[C@@H](O)C(=O)NC(COC1OC(CO)[C@@H](O)[C@@H](O)[C@@H]1O)[C@H](O)[C@H](O)CCCCCCCCCCC(C)C. The number of aliphatic hydroxyl groups is 7. The number of carbonyl (C=O) groups is 1. The molecule has 0 aromatic carbocycles. The number of aliphatic hydroxyl groups excluding tert-OH is 7.